The Morgan fingerprint density at radius 2 is 1.74 bits per heavy atom. The number of rotatable bonds is 7. The zero-order valence-corrected chi connectivity index (χ0v) is 17.7. The van der Waals surface area contributed by atoms with Gasteiger partial charge in [0.2, 0.25) is 0 Å². The summed E-state index contributed by atoms with van der Waals surface area (Å²) in [6.45, 7) is 1.84. The highest BCUT2D eigenvalue weighted by molar-refractivity contribution is 5.89. The van der Waals surface area contributed by atoms with Gasteiger partial charge in [-0.2, -0.15) is 0 Å². The lowest BCUT2D eigenvalue weighted by molar-refractivity contribution is -0.159. The molecule has 4 rings (SSSR count). The van der Waals surface area contributed by atoms with Gasteiger partial charge in [0, 0.05) is 25.6 Å². The van der Waals surface area contributed by atoms with Crippen LogP contribution in [0.2, 0.25) is 0 Å². The normalized spacial score (nSPS) is 24.4. The van der Waals surface area contributed by atoms with Crippen LogP contribution in [0.3, 0.4) is 0 Å². The van der Waals surface area contributed by atoms with Crippen LogP contribution in [0, 0.1) is 5.92 Å². The van der Waals surface area contributed by atoms with Gasteiger partial charge in [0.25, 0.3) is 0 Å². The number of benzene rings is 2. The van der Waals surface area contributed by atoms with Crippen LogP contribution >= 0.6 is 0 Å². The minimum atomic E-state index is -0.366. The molecule has 1 aliphatic heterocycles. The van der Waals surface area contributed by atoms with E-state index in [2.05, 4.69) is 22.5 Å². The van der Waals surface area contributed by atoms with E-state index in [9.17, 15) is 9.59 Å². The number of ether oxygens (including phenoxy) is 1. The summed E-state index contributed by atoms with van der Waals surface area (Å²) in [6, 6.07) is 19.2. The number of cyclic esters (lactones) is 1. The van der Waals surface area contributed by atoms with Crippen molar-refractivity contribution in [2.75, 3.05) is 19.6 Å². The molecule has 164 valence electrons. The Labute approximate surface area is 183 Å². The number of hydrogen-bond donors (Lipinski definition) is 1. The largest absolute Gasteiger partial charge is 0.460 e. The van der Waals surface area contributed by atoms with Crippen LogP contribution < -0.4 is 5.48 Å². The van der Waals surface area contributed by atoms with Gasteiger partial charge in [0.05, 0.1) is 12.1 Å². The molecule has 1 saturated heterocycles. The molecule has 0 bridgehead atoms. The van der Waals surface area contributed by atoms with E-state index >= 15 is 0 Å². The van der Waals surface area contributed by atoms with E-state index in [1.807, 2.05) is 36.4 Å². The van der Waals surface area contributed by atoms with Crippen LogP contribution in [-0.4, -0.2) is 48.6 Å². The zero-order chi connectivity index (χ0) is 21.5. The minimum Gasteiger partial charge on any atom is -0.460 e. The summed E-state index contributed by atoms with van der Waals surface area (Å²) in [5, 5.41) is 0. The van der Waals surface area contributed by atoms with E-state index < -0.39 is 0 Å². The lowest BCUT2D eigenvalue weighted by Crippen LogP contribution is -2.51. The predicted octanol–water partition coefficient (Wildman–Crippen LogP) is 3.38. The first-order valence-electron chi connectivity index (χ1n) is 11.1. The maximum Gasteiger partial charge on any atom is 0.356 e. The van der Waals surface area contributed by atoms with Crippen molar-refractivity contribution in [3.63, 3.8) is 0 Å². The van der Waals surface area contributed by atoms with Crippen LogP contribution in [0.5, 0.6) is 0 Å². The number of carbonyl (C=O) groups is 2. The smallest absolute Gasteiger partial charge is 0.356 e. The molecule has 0 radical (unpaired) electrons. The second-order valence-electron chi connectivity index (χ2n) is 8.52. The van der Waals surface area contributed by atoms with Crippen molar-refractivity contribution in [2.24, 2.45) is 5.92 Å². The molecule has 1 heterocycles. The Hall–Kier alpha value is -2.70. The standard InChI is InChI=1S/C25H30N2O4/c28-24-18-27(17-22(30-24)15-19-9-3-1-4-10-19)16-21-13-7-8-14-23(21)26-31-25(29)20-11-5-2-6-12-20/h1-6,9-12,21-23,26H,7-8,13-18H2/t21-,22-,23+/m0/s1. The number of nitrogens with one attached hydrogen (secondary N) is 1. The summed E-state index contributed by atoms with van der Waals surface area (Å²) in [6.07, 6.45) is 4.86. The molecule has 6 nitrogen and oxygen atoms in total. The molecule has 31 heavy (non-hydrogen) atoms. The first-order chi connectivity index (χ1) is 15.2. The van der Waals surface area contributed by atoms with Crippen LogP contribution in [0.15, 0.2) is 60.7 Å². The summed E-state index contributed by atoms with van der Waals surface area (Å²) < 4.78 is 5.60. The van der Waals surface area contributed by atoms with Crippen molar-refractivity contribution < 1.29 is 19.2 Å². The fourth-order valence-corrected chi connectivity index (χ4v) is 4.59. The summed E-state index contributed by atoms with van der Waals surface area (Å²) in [5.74, 6) is -0.210. The zero-order valence-electron chi connectivity index (χ0n) is 17.7. The van der Waals surface area contributed by atoms with Crippen LogP contribution in [0.1, 0.15) is 41.6 Å². The van der Waals surface area contributed by atoms with Gasteiger partial charge in [-0.05, 0) is 36.5 Å². The molecule has 1 aliphatic carbocycles. The van der Waals surface area contributed by atoms with Gasteiger partial charge in [0.15, 0.2) is 0 Å². The molecule has 0 unspecified atom stereocenters. The van der Waals surface area contributed by atoms with Gasteiger partial charge >= 0.3 is 11.9 Å². The molecule has 2 aromatic carbocycles. The molecule has 2 aliphatic rings. The first kappa shape index (κ1) is 21.5. The molecular weight excluding hydrogens is 392 g/mol. The Kier molecular flexibility index (Phi) is 7.33. The van der Waals surface area contributed by atoms with Gasteiger partial charge in [-0.25, -0.2) is 4.79 Å². The maximum atomic E-state index is 12.3. The minimum absolute atomic E-state index is 0.0898. The van der Waals surface area contributed by atoms with E-state index in [0.29, 0.717) is 18.0 Å². The van der Waals surface area contributed by atoms with Crippen molar-refractivity contribution in [3.8, 4) is 0 Å². The Balaban J connectivity index is 1.32. The number of esters is 1. The third-order valence-corrected chi connectivity index (χ3v) is 6.13. The van der Waals surface area contributed by atoms with Gasteiger partial charge in [-0.1, -0.05) is 61.4 Å². The Morgan fingerprint density at radius 3 is 2.52 bits per heavy atom. The van der Waals surface area contributed by atoms with Gasteiger partial charge < -0.3 is 9.57 Å². The molecule has 6 heteroatoms. The molecule has 3 atom stereocenters. The third-order valence-electron chi connectivity index (χ3n) is 6.13. The van der Waals surface area contributed by atoms with Crippen LogP contribution in [0.4, 0.5) is 0 Å². The number of nitrogens with zero attached hydrogens (tertiary/aromatic N) is 1. The Morgan fingerprint density at radius 1 is 1.03 bits per heavy atom. The highest BCUT2D eigenvalue weighted by Crippen LogP contribution is 2.26. The van der Waals surface area contributed by atoms with Crippen LogP contribution in [0.25, 0.3) is 0 Å². The monoisotopic (exact) mass is 422 g/mol. The average molecular weight is 423 g/mol. The van der Waals surface area contributed by atoms with Gasteiger partial charge in [-0.15, -0.1) is 5.48 Å². The molecular formula is C25H30N2O4. The molecule has 0 aromatic heterocycles. The van der Waals surface area contributed by atoms with Crippen molar-refractivity contribution in [1.29, 1.82) is 0 Å². The topological polar surface area (TPSA) is 67.9 Å². The lowest BCUT2D eigenvalue weighted by Gasteiger charge is -2.38. The van der Waals surface area contributed by atoms with E-state index in [0.717, 1.165) is 45.2 Å². The number of hydrogen-bond acceptors (Lipinski definition) is 6. The molecule has 1 saturated carbocycles. The van der Waals surface area contributed by atoms with Gasteiger partial charge in [-0.3, -0.25) is 9.69 Å². The second-order valence-corrected chi connectivity index (χ2v) is 8.52. The lowest BCUT2D eigenvalue weighted by atomic mass is 9.84. The van der Waals surface area contributed by atoms with E-state index in [4.69, 9.17) is 9.57 Å². The number of carbonyl (C=O) groups excluding carboxylic acids is 2. The molecule has 0 spiro atoms. The number of hydroxylamine groups is 1. The fourth-order valence-electron chi connectivity index (χ4n) is 4.59. The average Bonchev–Trinajstić information content (AvgIpc) is 2.79. The second kappa shape index (κ2) is 10.6. The van der Waals surface area contributed by atoms with Crippen molar-refractivity contribution in [1.82, 2.24) is 10.4 Å². The molecule has 0 amide bonds. The summed E-state index contributed by atoms with van der Waals surface area (Å²) in [5.41, 5.74) is 4.74. The van der Waals surface area contributed by atoms with E-state index in [1.165, 1.54) is 5.56 Å². The van der Waals surface area contributed by atoms with Crippen molar-refractivity contribution >= 4 is 11.9 Å². The molecule has 1 N–H and O–H groups in total. The highest BCUT2D eigenvalue weighted by atomic mass is 16.7. The third kappa shape index (κ3) is 6.15. The maximum absolute atomic E-state index is 12.3. The van der Waals surface area contributed by atoms with Crippen molar-refractivity contribution in [2.45, 2.75) is 44.2 Å². The SMILES string of the molecule is O=C1CN(C[C@@H]2CCCC[C@H]2NOC(=O)c2ccccc2)C[C@H](Cc2ccccc2)O1. The number of morpholine rings is 1. The molecule has 2 aromatic rings. The predicted molar refractivity (Wildman–Crippen MR) is 117 cm³/mol. The van der Waals surface area contributed by atoms with Crippen molar-refractivity contribution in [3.05, 3.63) is 71.8 Å². The van der Waals surface area contributed by atoms with Crippen LogP contribution in [-0.2, 0) is 20.8 Å². The Bertz CT molecular complexity index is 858. The summed E-state index contributed by atoms with van der Waals surface area (Å²) in [4.78, 5) is 32.1. The van der Waals surface area contributed by atoms with Gasteiger partial charge in [0.1, 0.15) is 6.10 Å². The molecule has 2 fully saturated rings. The first-order valence-corrected chi connectivity index (χ1v) is 11.1. The fraction of sp³-hybridized carbons (Fsp3) is 0.440. The summed E-state index contributed by atoms with van der Waals surface area (Å²) >= 11 is 0. The highest BCUT2D eigenvalue weighted by Gasteiger charge is 2.32. The quantitative estimate of drug-likeness (QED) is 0.545. The van der Waals surface area contributed by atoms with E-state index in [1.54, 1.807) is 12.1 Å². The summed E-state index contributed by atoms with van der Waals surface area (Å²) in [7, 11) is 0. The van der Waals surface area contributed by atoms with E-state index in [-0.39, 0.29) is 24.1 Å².